The van der Waals surface area contributed by atoms with Crippen LogP contribution in [-0.2, 0) is 32.9 Å². The summed E-state index contributed by atoms with van der Waals surface area (Å²) >= 11 is 0. The standard InChI is InChI=1S/C35H32N2O4S2/c1-27-16-21-31(22-17-27)42(38,39)36-25-24-33-32-14-8-9-15-34(32)37(43(40,41)30-12-6-3-7-13-30)35(33)23-20-29(26-36)19-18-28-10-4-2-5-11-28/h2-22H,23-26H2,1H3/b19-18+,29-20-. The Labute approximate surface area is 253 Å². The van der Waals surface area contributed by atoms with Crippen LogP contribution in [0.4, 0.5) is 0 Å². The van der Waals surface area contributed by atoms with E-state index < -0.39 is 20.0 Å². The van der Waals surface area contributed by atoms with Gasteiger partial charge in [-0.05, 0) is 60.4 Å². The van der Waals surface area contributed by atoms with Crippen LogP contribution in [0.25, 0.3) is 17.0 Å². The van der Waals surface area contributed by atoms with Crippen LogP contribution in [0.5, 0.6) is 0 Å². The fraction of sp³-hybridized carbons (Fsp3) is 0.143. The lowest BCUT2D eigenvalue weighted by Gasteiger charge is -2.22. The molecule has 0 bridgehead atoms. The van der Waals surface area contributed by atoms with Crippen molar-refractivity contribution in [3.63, 3.8) is 0 Å². The molecule has 0 fully saturated rings. The molecule has 0 spiro atoms. The second-order valence-corrected chi connectivity index (χ2v) is 14.4. The Kier molecular flexibility index (Phi) is 7.92. The van der Waals surface area contributed by atoms with Crippen LogP contribution in [0.3, 0.4) is 0 Å². The number of sulfonamides is 1. The van der Waals surface area contributed by atoms with Crippen molar-refractivity contribution in [3.8, 4) is 0 Å². The highest BCUT2D eigenvalue weighted by Gasteiger charge is 2.30. The fourth-order valence-corrected chi connectivity index (χ4v) is 8.58. The third-order valence-corrected chi connectivity index (χ3v) is 11.4. The number of hydrogen-bond acceptors (Lipinski definition) is 4. The summed E-state index contributed by atoms with van der Waals surface area (Å²) in [6.07, 6.45) is 6.52. The minimum absolute atomic E-state index is 0.160. The predicted octanol–water partition coefficient (Wildman–Crippen LogP) is 6.62. The Morgan fingerprint density at radius 3 is 2.02 bits per heavy atom. The van der Waals surface area contributed by atoms with Crippen molar-refractivity contribution in [1.29, 1.82) is 0 Å². The highest BCUT2D eigenvalue weighted by molar-refractivity contribution is 7.90. The molecule has 1 aromatic heterocycles. The van der Waals surface area contributed by atoms with Gasteiger partial charge in [0.25, 0.3) is 10.0 Å². The molecule has 0 saturated carbocycles. The molecule has 0 N–H and O–H groups in total. The number of allylic oxidation sites excluding steroid dienone is 1. The number of fused-ring (bicyclic) bond motifs is 3. The van der Waals surface area contributed by atoms with Gasteiger partial charge in [0.2, 0.25) is 10.0 Å². The molecule has 43 heavy (non-hydrogen) atoms. The summed E-state index contributed by atoms with van der Waals surface area (Å²) in [6, 6.07) is 32.6. The molecule has 0 saturated heterocycles. The molecule has 0 aliphatic carbocycles. The summed E-state index contributed by atoms with van der Waals surface area (Å²) < 4.78 is 59.2. The van der Waals surface area contributed by atoms with E-state index in [1.165, 1.54) is 8.28 Å². The first-order valence-corrected chi connectivity index (χ1v) is 17.0. The van der Waals surface area contributed by atoms with Gasteiger partial charge in [-0.3, -0.25) is 0 Å². The average Bonchev–Trinajstić information content (AvgIpc) is 3.38. The molecular weight excluding hydrogens is 577 g/mol. The first-order chi connectivity index (χ1) is 20.7. The zero-order valence-corrected chi connectivity index (χ0v) is 25.4. The summed E-state index contributed by atoms with van der Waals surface area (Å²) in [5, 5.41) is 0.807. The van der Waals surface area contributed by atoms with Crippen molar-refractivity contribution in [2.24, 2.45) is 0 Å². The van der Waals surface area contributed by atoms with Gasteiger partial charge in [0.1, 0.15) is 0 Å². The van der Waals surface area contributed by atoms with Gasteiger partial charge in [-0.25, -0.2) is 20.8 Å². The van der Waals surface area contributed by atoms with Crippen LogP contribution in [0.1, 0.15) is 22.4 Å². The summed E-state index contributed by atoms with van der Waals surface area (Å²) in [5.74, 6) is 0. The summed E-state index contributed by atoms with van der Waals surface area (Å²) in [7, 11) is -7.77. The highest BCUT2D eigenvalue weighted by atomic mass is 32.2. The molecule has 0 radical (unpaired) electrons. The summed E-state index contributed by atoms with van der Waals surface area (Å²) in [6.45, 7) is 2.28. The van der Waals surface area contributed by atoms with Gasteiger partial charge in [-0.1, -0.05) is 103 Å². The number of rotatable bonds is 6. The van der Waals surface area contributed by atoms with E-state index >= 15 is 0 Å². The van der Waals surface area contributed by atoms with Gasteiger partial charge in [-0.2, -0.15) is 4.31 Å². The quantitative estimate of drug-likeness (QED) is 0.217. The van der Waals surface area contributed by atoms with Crippen LogP contribution < -0.4 is 0 Å². The number of aryl methyl sites for hydroxylation is 1. The maximum atomic E-state index is 14.1. The molecule has 2 heterocycles. The summed E-state index contributed by atoms with van der Waals surface area (Å²) in [5.41, 5.74) is 4.81. The van der Waals surface area contributed by atoms with Gasteiger partial charge in [0.05, 0.1) is 15.3 Å². The smallest absolute Gasteiger partial charge is 0.237 e. The predicted molar refractivity (Wildman–Crippen MR) is 172 cm³/mol. The van der Waals surface area contributed by atoms with E-state index in [9.17, 15) is 16.8 Å². The minimum Gasteiger partial charge on any atom is -0.237 e. The molecule has 1 aliphatic rings. The molecule has 4 aromatic carbocycles. The highest BCUT2D eigenvalue weighted by Crippen LogP contribution is 2.33. The van der Waals surface area contributed by atoms with E-state index in [0.717, 1.165) is 27.6 Å². The summed E-state index contributed by atoms with van der Waals surface area (Å²) in [4.78, 5) is 0.438. The van der Waals surface area contributed by atoms with Crippen molar-refractivity contribution in [1.82, 2.24) is 8.28 Å². The molecule has 1 aliphatic heterocycles. The van der Waals surface area contributed by atoms with E-state index in [0.29, 0.717) is 24.1 Å². The van der Waals surface area contributed by atoms with Crippen molar-refractivity contribution in [2.75, 3.05) is 13.1 Å². The Morgan fingerprint density at radius 2 is 1.30 bits per heavy atom. The first kappa shape index (κ1) is 28.9. The zero-order chi connectivity index (χ0) is 30.0. The SMILES string of the molecule is Cc1ccc(S(=O)(=O)N2CCc3c(n(S(=O)(=O)c4ccccc4)c4ccccc34)C/C=C(/C=C/c3ccccc3)C2)cc1. The minimum atomic E-state index is -3.93. The van der Waals surface area contributed by atoms with Crippen molar-refractivity contribution < 1.29 is 16.8 Å². The first-order valence-electron chi connectivity index (χ1n) is 14.2. The fourth-order valence-electron chi connectivity index (χ4n) is 5.55. The van der Waals surface area contributed by atoms with Crippen molar-refractivity contribution in [3.05, 3.63) is 149 Å². The molecule has 8 heteroatoms. The molecule has 218 valence electrons. The third kappa shape index (κ3) is 5.73. The molecule has 6 nitrogen and oxygen atoms in total. The van der Waals surface area contributed by atoms with Crippen molar-refractivity contribution >= 4 is 37.0 Å². The topological polar surface area (TPSA) is 76.5 Å². The number of para-hydroxylation sites is 1. The number of aromatic nitrogens is 1. The second kappa shape index (κ2) is 11.8. The Morgan fingerprint density at radius 1 is 0.674 bits per heavy atom. The Balaban J connectivity index is 1.52. The van der Waals surface area contributed by atoms with E-state index in [1.54, 1.807) is 54.6 Å². The maximum Gasteiger partial charge on any atom is 0.268 e. The van der Waals surface area contributed by atoms with Crippen LogP contribution >= 0.6 is 0 Å². The monoisotopic (exact) mass is 608 g/mol. The Hall–Kier alpha value is -4.24. The number of benzene rings is 4. The number of hydrogen-bond donors (Lipinski definition) is 0. The lowest BCUT2D eigenvalue weighted by atomic mass is 10.1. The third-order valence-electron chi connectivity index (χ3n) is 7.80. The van der Waals surface area contributed by atoms with Gasteiger partial charge in [0, 0.05) is 30.6 Å². The van der Waals surface area contributed by atoms with E-state index in [2.05, 4.69) is 0 Å². The van der Waals surface area contributed by atoms with Gasteiger partial charge < -0.3 is 0 Å². The van der Waals surface area contributed by atoms with E-state index in [-0.39, 0.29) is 22.9 Å². The van der Waals surface area contributed by atoms with Gasteiger partial charge in [-0.15, -0.1) is 0 Å². The van der Waals surface area contributed by atoms with Crippen LogP contribution in [0.2, 0.25) is 0 Å². The lowest BCUT2D eigenvalue weighted by molar-refractivity contribution is 0.441. The largest absolute Gasteiger partial charge is 0.268 e. The molecule has 6 rings (SSSR count). The Bertz CT molecular complexity index is 2050. The van der Waals surface area contributed by atoms with Crippen LogP contribution in [0, 0.1) is 6.92 Å². The molecule has 0 atom stereocenters. The van der Waals surface area contributed by atoms with E-state index in [4.69, 9.17) is 0 Å². The molecule has 0 unspecified atom stereocenters. The molecule has 5 aromatic rings. The van der Waals surface area contributed by atoms with Gasteiger partial charge in [0.15, 0.2) is 0 Å². The second-order valence-electron chi connectivity index (χ2n) is 10.7. The zero-order valence-electron chi connectivity index (χ0n) is 23.8. The molecule has 0 amide bonds. The normalized spacial score (nSPS) is 16.3. The van der Waals surface area contributed by atoms with Gasteiger partial charge >= 0.3 is 0 Å². The van der Waals surface area contributed by atoms with E-state index in [1.807, 2.05) is 79.7 Å². The number of nitrogens with zero attached hydrogens (tertiary/aromatic N) is 2. The average molecular weight is 609 g/mol. The lowest BCUT2D eigenvalue weighted by Crippen LogP contribution is -2.34. The van der Waals surface area contributed by atoms with Crippen LogP contribution in [0.15, 0.2) is 137 Å². The maximum absolute atomic E-state index is 14.1. The van der Waals surface area contributed by atoms with Crippen LogP contribution in [-0.4, -0.2) is 38.2 Å². The molecular formula is C35H32N2O4S2. The van der Waals surface area contributed by atoms with Crippen molar-refractivity contribution in [2.45, 2.75) is 29.6 Å².